The first-order valence-corrected chi connectivity index (χ1v) is 11.9. The van der Waals surface area contributed by atoms with E-state index < -0.39 is 10.2 Å². The summed E-state index contributed by atoms with van der Waals surface area (Å²) in [5.74, 6) is 1.78. The first-order valence-electron chi connectivity index (χ1n) is 8.94. The minimum atomic E-state index is -4.94. The molecule has 2 aromatic carbocycles. The molecule has 0 fully saturated rings. The molecule has 4 rings (SSSR count). The van der Waals surface area contributed by atoms with Crippen LogP contribution < -0.4 is 28.1 Å². The smallest absolute Gasteiger partial charge is 0.238 e. The van der Waals surface area contributed by atoms with Gasteiger partial charge in [0.15, 0.2) is 5.38 Å². The Hall–Kier alpha value is -2.17. The van der Waals surface area contributed by atoms with Crippen molar-refractivity contribution in [3.63, 3.8) is 0 Å². The van der Waals surface area contributed by atoms with E-state index in [0.717, 1.165) is 11.5 Å². The monoisotopic (exact) mass is 478 g/mol. The molecule has 2 heterocycles. The Morgan fingerprint density at radius 3 is 2.26 bits per heavy atom. The van der Waals surface area contributed by atoms with Crippen molar-refractivity contribution in [2.75, 3.05) is 14.2 Å². The van der Waals surface area contributed by atoms with Crippen molar-refractivity contribution in [2.24, 2.45) is 0 Å². The summed E-state index contributed by atoms with van der Waals surface area (Å²) < 4.78 is 46.0. The largest absolute Gasteiger partial charge is 0.497 e. The zero-order valence-corrected chi connectivity index (χ0v) is 19.3. The van der Waals surface area contributed by atoms with Crippen molar-refractivity contribution in [1.29, 1.82) is 0 Å². The van der Waals surface area contributed by atoms with Gasteiger partial charge in [-0.1, -0.05) is 11.8 Å². The molecule has 0 amide bonds. The average molecular weight is 479 g/mol. The van der Waals surface area contributed by atoms with Crippen molar-refractivity contribution < 1.29 is 38.4 Å². The molecule has 1 aliphatic rings. The van der Waals surface area contributed by atoms with Gasteiger partial charge < -0.3 is 9.47 Å². The predicted octanol–water partition coefficient (Wildman–Crippen LogP) is 1.99. The van der Waals surface area contributed by atoms with Gasteiger partial charge in [0, 0.05) is 21.9 Å². The summed E-state index contributed by atoms with van der Waals surface area (Å²) in [5, 5.41) is 3.36. The van der Waals surface area contributed by atoms with Crippen LogP contribution in [0, 0.1) is 10.2 Å². The third-order valence-corrected chi connectivity index (χ3v) is 6.37. The lowest BCUT2D eigenvalue weighted by Gasteiger charge is -2.17. The Labute approximate surface area is 190 Å². The molecule has 3 aromatic rings. The van der Waals surface area contributed by atoms with Crippen LogP contribution in [0.25, 0.3) is 21.7 Å². The Morgan fingerprint density at radius 1 is 0.935 bits per heavy atom. The molecule has 0 bridgehead atoms. The summed E-state index contributed by atoms with van der Waals surface area (Å²) in [7, 11) is -1.53. The number of hydrogen-bond donors (Lipinski definition) is 0. The second-order valence-electron chi connectivity index (χ2n) is 6.45. The lowest BCUT2D eigenvalue weighted by molar-refractivity contribution is -2.00. The molecule has 162 valence electrons. The summed E-state index contributed by atoms with van der Waals surface area (Å²) in [6.45, 7) is 2.15. The summed E-state index contributed by atoms with van der Waals surface area (Å²) >= 11 is 3.54. The molecule has 9 heteroatoms. The number of fused-ring (bicyclic) bond motifs is 2. The highest BCUT2D eigenvalue weighted by Gasteiger charge is 2.16. The standard InChI is InChI=1S/C22H19O2S2.ClHO4/c1-14-10-18(26-22-7-5-16(23-2)12-19(14)22)11-15-8-9-25-21-6-4-17(24-3)13-20(15)21;2-1(3,4)5/h4-13H,1-3H3;(H,2,3,4,5)/q+1;/p-1. The summed E-state index contributed by atoms with van der Waals surface area (Å²) in [6.07, 6.45) is 4.50. The Balaban J connectivity index is 0.000000491. The van der Waals surface area contributed by atoms with Gasteiger partial charge in [0.25, 0.3) is 0 Å². The zero-order chi connectivity index (χ0) is 22.6. The van der Waals surface area contributed by atoms with E-state index in [4.69, 9.17) is 28.1 Å². The van der Waals surface area contributed by atoms with Crippen LogP contribution >= 0.6 is 23.1 Å². The third kappa shape index (κ3) is 6.41. The van der Waals surface area contributed by atoms with Crippen molar-refractivity contribution in [3.05, 3.63) is 70.0 Å². The fourth-order valence-electron chi connectivity index (χ4n) is 3.07. The number of methoxy groups -OCH3 is 2. The fraction of sp³-hybridized carbons (Fsp3) is 0.136. The molecular weight excluding hydrogens is 460 g/mol. The Bertz CT molecular complexity index is 1150. The topological polar surface area (TPSA) is 111 Å². The maximum absolute atomic E-state index is 8.49. The lowest BCUT2D eigenvalue weighted by atomic mass is 10.1. The minimum Gasteiger partial charge on any atom is -0.497 e. The average Bonchev–Trinajstić information content (AvgIpc) is 2.72. The first kappa shape index (κ1) is 23.5. The number of allylic oxidation sites excluding steroid dienone is 2. The molecule has 6 nitrogen and oxygen atoms in total. The van der Waals surface area contributed by atoms with Crippen LogP contribution in [0.3, 0.4) is 0 Å². The molecule has 1 aromatic heterocycles. The highest BCUT2D eigenvalue weighted by Crippen LogP contribution is 2.42. The van der Waals surface area contributed by atoms with Gasteiger partial charge in [0.2, 0.25) is 16.0 Å². The van der Waals surface area contributed by atoms with E-state index in [2.05, 4.69) is 54.8 Å². The second-order valence-corrected chi connectivity index (χ2v) is 9.27. The third-order valence-electron chi connectivity index (χ3n) is 4.44. The fourth-order valence-corrected chi connectivity index (χ4v) is 5.02. The molecule has 0 N–H and O–H groups in total. The van der Waals surface area contributed by atoms with Crippen LogP contribution in [0.4, 0.5) is 0 Å². The summed E-state index contributed by atoms with van der Waals surface area (Å²) in [4.78, 5) is 2.50. The highest BCUT2D eigenvalue weighted by molar-refractivity contribution is 8.03. The van der Waals surface area contributed by atoms with E-state index in [1.54, 1.807) is 37.3 Å². The lowest BCUT2D eigenvalue weighted by Crippen LogP contribution is -2.68. The summed E-state index contributed by atoms with van der Waals surface area (Å²) in [6, 6.07) is 14.7. The van der Waals surface area contributed by atoms with Gasteiger partial charge in [-0.3, -0.25) is 0 Å². The van der Waals surface area contributed by atoms with E-state index in [1.165, 1.54) is 36.6 Å². The molecule has 1 aliphatic heterocycles. The van der Waals surface area contributed by atoms with Crippen molar-refractivity contribution >= 4 is 44.8 Å². The van der Waals surface area contributed by atoms with Gasteiger partial charge in [0.05, 0.1) is 19.6 Å². The Kier molecular flexibility index (Phi) is 7.55. The molecule has 0 saturated carbocycles. The van der Waals surface area contributed by atoms with Crippen LogP contribution in [0.2, 0.25) is 0 Å². The van der Waals surface area contributed by atoms with Gasteiger partial charge in [-0.05, 0) is 66.1 Å². The van der Waals surface area contributed by atoms with Crippen molar-refractivity contribution in [1.82, 2.24) is 0 Å². The van der Waals surface area contributed by atoms with Crippen LogP contribution in [0.15, 0.2) is 63.7 Å². The van der Waals surface area contributed by atoms with Crippen LogP contribution in [-0.2, 0) is 0 Å². The molecular formula is C22H19ClO6S2. The first-order chi connectivity index (χ1) is 14.7. The van der Waals surface area contributed by atoms with Crippen LogP contribution in [-0.4, -0.2) is 14.2 Å². The predicted molar refractivity (Wildman–Crippen MR) is 113 cm³/mol. The number of benzene rings is 2. The van der Waals surface area contributed by atoms with E-state index in [-0.39, 0.29) is 0 Å². The number of rotatable bonds is 3. The summed E-state index contributed by atoms with van der Waals surface area (Å²) in [5.41, 5.74) is 3.71. The van der Waals surface area contributed by atoms with Crippen LogP contribution in [0.5, 0.6) is 11.5 Å². The van der Waals surface area contributed by atoms with Gasteiger partial charge in [-0.2, -0.15) is 0 Å². The number of ether oxygens (including phenoxy) is 2. The molecule has 0 spiro atoms. The molecule has 0 saturated heterocycles. The second kappa shape index (κ2) is 9.97. The molecule has 0 radical (unpaired) electrons. The van der Waals surface area contributed by atoms with E-state index >= 15 is 0 Å². The maximum atomic E-state index is 8.49. The van der Waals surface area contributed by atoms with Crippen LogP contribution in [0.1, 0.15) is 18.1 Å². The quantitative estimate of drug-likeness (QED) is 0.529. The SMILES string of the molecule is COc1ccc2c(c1)C(C)=C/C(=C\c1cc[s+]c3ccc(OC)cc13)S2.[O-][Cl+3]([O-])([O-])[O-]. The van der Waals surface area contributed by atoms with Gasteiger partial charge in [-0.25, -0.2) is 18.6 Å². The normalized spacial score (nSPS) is 14.4. The van der Waals surface area contributed by atoms with Gasteiger partial charge in [0.1, 0.15) is 11.5 Å². The molecule has 0 atom stereocenters. The number of halogens is 1. The Morgan fingerprint density at radius 2 is 1.58 bits per heavy atom. The van der Waals surface area contributed by atoms with E-state index in [0.29, 0.717) is 0 Å². The minimum absolute atomic E-state index is 0.885. The number of hydrogen-bond acceptors (Lipinski definition) is 7. The number of thioether (sulfide) groups is 1. The molecule has 31 heavy (non-hydrogen) atoms. The molecule has 0 aliphatic carbocycles. The zero-order valence-electron chi connectivity index (χ0n) is 16.9. The molecule has 0 unspecified atom stereocenters. The van der Waals surface area contributed by atoms with Crippen molar-refractivity contribution in [3.8, 4) is 11.5 Å². The highest BCUT2D eigenvalue weighted by atomic mass is 35.7. The van der Waals surface area contributed by atoms with E-state index in [9.17, 15) is 0 Å². The van der Waals surface area contributed by atoms with Gasteiger partial charge in [-0.15, -0.1) is 10.2 Å². The van der Waals surface area contributed by atoms with E-state index in [1.807, 2.05) is 12.1 Å². The maximum Gasteiger partial charge on any atom is 0.238 e. The van der Waals surface area contributed by atoms with Crippen molar-refractivity contribution in [2.45, 2.75) is 11.8 Å². The van der Waals surface area contributed by atoms with Gasteiger partial charge >= 0.3 is 0 Å².